The number of aliphatic carboxylic acids is 1. The van der Waals surface area contributed by atoms with E-state index in [4.69, 9.17) is 4.74 Å². The average Bonchev–Trinajstić information content (AvgIpc) is 2.29. The standard InChI is InChI=1S/C14H20N2O4/c1-9-6-7-10(8-15-9)11(12(17)18)16(5)13(19)20-14(2,3)4/h6-8,11H,1-5H3,(H,17,18). The van der Waals surface area contributed by atoms with Crippen molar-refractivity contribution in [2.45, 2.75) is 39.3 Å². The highest BCUT2D eigenvalue weighted by molar-refractivity contribution is 5.81. The first-order valence-corrected chi connectivity index (χ1v) is 6.23. The Kier molecular flexibility index (Phi) is 4.70. The molecule has 0 aliphatic carbocycles. The third-order valence-electron chi connectivity index (χ3n) is 2.55. The zero-order chi connectivity index (χ0) is 15.5. The number of carboxylic acid groups (broad SMARTS) is 1. The lowest BCUT2D eigenvalue weighted by Gasteiger charge is -2.28. The number of hydrogen-bond acceptors (Lipinski definition) is 4. The third kappa shape index (κ3) is 4.22. The van der Waals surface area contributed by atoms with E-state index in [2.05, 4.69) is 4.98 Å². The van der Waals surface area contributed by atoms with Gasteiger partial charge in [0.1, 0.15) is 5.60 Å². The molecule has 1 aromatic heterocycles. The van der Waals surface area contributed by atoms with Crippen molar-refractivity contribution in [2.75, 3.05) is 7.05 Å². The molecule has 0 saturated heterocycles. The predicted molar refractivity (Wildman–Crippen MR) is 73.3 cm³/mol. The van der Waals surface area contributed by atoms with Gasteiger partial charge in [0.15, 0.2) is 6.04 Å². The number of ether oxygens (including phenoxy) is 1. The summed E-state index contributed by atoms with van der Waals surface area (Å²) >= 11 is 0. The Morgan fingerprint density at radius 1 is 1.35 bits per heavy atom. The monoisotopic (exact) mass is 280 g/mol. The summed E-state index contributed by atoms with van der Waals surface area (Å²) in [6.45, 7) is 6.98. The highest BCUT2D eigenvalue weighted by Crippen LogP contribution is 2.21. The van der Waals surface area contributed by atoms with Gasteiger partial charge >= 0.3 is 12.1 Å². The Hall–Kier alpha value is -2.11. The smallest absolute Gasteiger partial charge is 0.411 e. The van der Waals surface area contributed by atoms with Crippen molar-refractivity contribution in [3.8, 4) is 0 Å². The summed E-state index contributed by atoms with van der Waals surface area (Å²) in [6, 6.07) is 2.22. The van der Waals surface area contributed by atoms with Crippen LogP contribution in [-0.2, 0) is 9.53 Å². The molecule has 0 saturated carbocycles. The number of aryl methyl sites for hydroxylation is 1. The first-order chi connectivity index (χ1) is 9.11. The fourth-order valence-electron chi connectivity index (χ4n) is 1.61. The van der Waals surface area contributed by atoms with Gasteiger partial charge in [-0.1, -0.05) is 6.07 Å². The first kappa shape index (κ1) is 15.9. The van der Waals surface area contributed by atoms with Gasteiger partial charge in [0.2, 0.25) is 0 Å². The molecule has 1 amide bonds. The van der Waals surface area contributed by atoms with Gasteiger partial charge in [-0.2, -0.15) is 0 Å². The Morgan fingerprint density at radius 2 is 1.95 bits per heavy atom. The zero-order valence-electron chi connectivity index (χ0n) is 12.4. The molecule has 6 nitrogen and oxygen atoms in total. The van der Waals surface area contributed by atoms with Crippen molar-refractivity contribution in [1.29, 1.82) is 0 Å². The van der Waals surface area contributed by atoms with Crippen LogP contribution in [0.2, 0.25) is 0 Å². The quantitative estimate of drug-likeness (QED) is 0.919. The molecular weight excluding hydrogens is 260 g/mol. The van der Waals surface area contributed by atoms with Gasteiger partial charge in [-0.25, -0.2) is 9.59 Å². The summed E-state index contributed by atoms with van der Waals surface area (Å²) in [7, 11) is 1.40. The molecular formula is C14H20N2O4. The normalized spacial score (nSPS) is 12.7. The average molecular weight is 280 g/mol. The number of aromatic nitrogens is 1. The Bertz CT molecular complexity index is 491. The maximum atomic E-state index is 12.0. The molecule has 0 spiro atoms. The SMILES string of the molecule is Cc1ccc(C(C(=O)O)N(C)C(=O)OC(C)(C)C)cn1. The number of carbonyl (C=O) groups is 2. The molecule has 1 unspecified atom stereocenters. The second kappa shape index (κ2) is 5.90. The topological polar surface area (TPSA) is 79.7 Å². The highest BCUT2D eigenvalue weighted by Gasteiger charge is 2.31. The largest absolute Gasteiger partial charge is 0.479 e. The maximum absolute atomic E-state index is 12.0. The van der Waals surface area contributed by atoms with Crippen LogP contribution < -0.4 is 0 Å². The molecule has 6 heteroatoms. The van der Waals surface area contributed by atoms with Gasteiger partial charge in [0.05, 0.1) is 0 Å². The molecule has 1 atom stereocenters. The minimum absolute atomic E-state index is 0.427. The molecule has 0 aliphatic rings. The van der Waals surface area contributed by atoms with Crippen LogP contribution in [0.1, 0.15) is 38.1 Å². The number of nitrogens with zero attached hydrogens (tertiary/aromatic N) is 2. The van der Waals surface area contributed by atoms with Gasteiger partial charge in [-0.15, -0.1) is 0 Å². The molecule has 20 heavy (non-hydrogen) atoms. The fraction of sp³-hybridized carbons (Fsp3) is 0.500. The highest BCUT2D eigenvalue weighted by atomic mass is 16.6. The molecule has 0 radical (unpaired) electrons. The van der Waals surface area contributed by atoms with E-state index < -0.39 is 23.7 Å². The Labute approximate surface area is 118 Å². The van der Waals surface area contributed by atoms with Crippen LogP contribution in [0.3, 0.4) is 0 Å². The molecule has 0 aliphatic heterocycles. The van der Waals surface area contributed by atoms with Crippen LogP contribution in [0.25, 0.3) is 0 Å². The molecule has 0 bridgehead atoms. The minimum atomic E-state index is -1.14. The zero-order valence-corrected chi connectivity index (χ0v) is 12.4. The van der Waals surface area contributed by atoms with Gasteiger partial charge < -0.3 is 9.84 Å². The number of hydrogen-bond donors (Lipinski definition) is 1. The van der Waals surface area contributed by atoms with E-state index in [1.807, 2.05) is 0 Å². The number of carbonyl (C=O) groups excluding carboxylic acids is 1. The lowest BCUT2D eigenvalue weighted by molar-refractivity contribution is -0.143. The second-order valence-electron chi connectivity index (χ2n) is 5.56. The van der Waals surface area contributed by atoms with E-state index in [1.54, 1.807) is 39.8 Å². The van der Waals surface area contributed by atoms with E-state index in [1.165, 1.54) is 13.2 Å². The first-order valence-electron chi connectivity index (χ1n) is 6.23. The van der Waals surface area contributed by atoms with Crippen molar-refractivity contribution in [3.05, 3.63) is 29.6 Å². The van der Waals surface area contributed by atoms with E-state index in [0.717, 1.165) is 10.6 Å². The molecule has 1 heterocycles. The Morgan fingerprint density at radius 3 is 2.35 bits per heavy atom. The van der Waals surface area contributed by atoms with Gasteiger partial charge in [0, 0.05) is 24.5 Å². The van der Waals surface area contributed by atoms with E-state index in [9.17, 15) is 14.7 Å². The Balaban J connectivity index is 2.99. The van der Waals surface area contributed by atoms with Crippen molar-refractivity contribution in [2.24, 2.45) is 0 Å². The van der Waals surface area contributed by atoms with Crippen LogP contribution in [0.4, 0.5) is 4.79 Å². The molecule has 1 N–H and O–H groups in total. The number of carboxylic acids is 1. The molecule has 0 fully saturated rings. The van der Waals surface area contributed by atoms with E-state index in [0.29, 0.717) is 5.56 Å². The summed E-state index contributed by atoms with van der Waals surface area (Å²) in [6.07, 6.45) is 0.764. The number of amides is 1. The van der Waals surface area contributed by atoms with Gasteiger partial charge in [0.25, 0.3) is 0 Å². The summed E-state index contributed by atoms with van der Waals surface area (Å²) in [4.78, 5) is 28.5. The van der Waals surface area contributed by atoms with Crippen LogP contribution >= 0.6 is 0 Å². The molecule has 0 aromatic carbocycles. The predicted octanol–water partition coefficient (Wildman–Crippen LogP) is 2.38. The lowest BCUT2D eigenvalue weighted by atomic mass is 10.1. The molecule has 1 rings (SSSR count). The lowest BCUT2D eigenvalue weighted by Crippen LogP contribution is -2.39. The third-order valence-corrected chi connectivity index (χ3v) is 2.55. The summed E-state index contributed by atoms with van der Waals surface area (Å²) in [5.74, 6) is -1.14. The summed E-state index contributed by atoms with van der Waals surface area (Å²) in [5.41, 5.74) is 0.522. The number of pyridine rings is 1. The van der Waals surface area contributed by atoms with Crippen LogP contribution in [0, 0.1) is 6.92 Å². The summed E-state index contributed by atoms with van der Waals surface area (Å²) in [5, 5.41) is 9.34. The van der Waals surface area contributed by atoms with Crippen LogP contribution in [0.5, 0.6) is 0 Å². The number of rotatable bonds is 3. The van der Waals surface area contributed by atoms with Crippen LogP contribution in [-0.4, -0.2) is 39.7 Å². The maximum Gasteiger partial charge on any atom is 0.411 e. The van der Waals surface area contributed by atoms with Crippen molar-refractivity contribution < 1.29 is 19.4 Å². The molecule has 110 valence electrons. The molecule has 1 aromatic rings. The van der Waals surface area contributed by atoms with Gasteiger partial charge in [-0.3, -0.25) is 9.88 Å². The van der Waals surface area contributed by atoms with Crippen molar-refractivity contribution in [3.63, 3.8) is 0 Å². The van der Waals surface area contributed by atoms with E-state index >= 15 is 0 Å². The minimum Gasteiger partial charge on any atom is -0.479 e. The second-order valence-corrected chi connectivity index (χ2v) is 5.56. The summed E-state index contributed by atoms with van der Waals surface area (Å²) < 4.78 is 5.18. The van der Waals surface area contributed by atoms with Crippen molar-refractivity contribution >= 4 is 12.1 Å². The van der Waals surface area contributed by atoms with Crippen LogP contribution in [0.15, 0.2) is 18.3 Å². The van der Waals surface area contributed by atoms with Crippen molar-refractivity contribution in [1.82, 2.24) is 9.88 Å². The number of likely N-dealkylation sites (N-methyl/N-ethyl adjacent to an activating group) is 1. The van der Waals surface area contributed by atoms with E-state index in [-0.39, 0.29) is 0 Å². The fourth-order valence-corrected chi connectivity index (χ4v) is 1.61. The van der Waals surface area contributed by atoms with Gasteiger partial charge in [-0.05, 0) is 33.8 Å².